The molecule has 0 unspecified atom stereocenters. The monoisotopic (exact) mass is 331 g/mol. The maximum Gasteiger partial charge on any atom is 0.272 e. The minimum Gasteiger partial charge on any atom is -0.382 e. The Morgan fingerprint density at radius 1 is 1.04 bits per heavy atom. The summed E-state index contributed by atoms with van der Waals surface area (Å²) in [6, 6.07) is -0.820. The van der Waals surface area contributed by atoms with E-state index in [0.29, 0.717) is 0 Å². The summed E-state index contributed by atoms with van der Waals surface area (Å²) in [4.78, 5) is 35.9. The van der Waals surface area contributed by atoms with Crippen molar-refractivity contribution in [3.63, 3.8) is 0 Å². The van der Waals surface area contributed by atoms with Crippen LogP contribution in [-0.2, 0) is 14.4 Å². The molecule has 0 fully saturated rings. The minimum atomic E-state index is -1.70. The van der Waals surface area contributed by atoms with Crippen molar-refractivity contribution in [2.45, 2.75) is 53.2 Å². The summed E-state index contributed by atoms with van der Waals surface area (Å²) in [5, 5.41) is 23.7. The second kappa shape index (κ2) is 8.83. The van der Waals surface area contributed by atoms with Crippen molar-refractivity contribution in [1.82, 2.24) is 16.1 Å². The van der Waals surface area contributed by atoms with Gasteiger partial charge in [-0.25, -0.2) is 5.48 Å². The van der Waals surface area contributed by atoms with E-state index in [1.807, 2.05) is 13.8 Å². The molecule has 3 atom stereocenters. The van der Waals surface area contributed by atoms with Crippen LogP contribution in [0.5, 0.6) is 0 Å². The lowest BCUT2D eigenvalue weighted by atomic mass is 9.84. The SMILES string of the molecule is CNC(=O)[C@@H](NC(=O)[C@H](CC(C)C)[C@@H](O)C(=O)NO)C(C)(C)C. The summed E-state index contributed by atoms with van der Waals surface area (Å²) in [7, 11) is 1.47. The lowest BCUT2D eigenvalue weighted by Gasteiger charge is -2.32. The first kappa shape index (κ1) is 21.3. The van der Waals surface area contributed by atoms with Gasteiger partial charge in [-0.05, 0) is 17.8 Å². The number of hydrogen-bond donors (Lipinski definition) is 5. The standard InChI is InChI=1S/C15H29N3O5/c1-8(2)7-9(10(19)13(21)18-23)12(20)17-11(14(22)16-6)15(3,4)5/h8-11,19,23H,7H2,1-6H3,(H,16,22)(H,17,20)(H,18,21)/t9-,10-,11-/m1/s1. The molecule has 23 heavy (non-hydrogen) atoms. The van der Waals surface area contributed by atoms with Crippen molar-refractivity contribution in [2.24, 2.45) is 17.3 Å². The van der Waals surface area contributed by atoms with Gasteiger partial charge in [-0.15, -0.1) is 0 Å². The van der Waals surface area contributed by atoms with Crippen LogP contribution in [0.2, 0.25) is 0 Å². The molecular weight excluding hydrogens is 302 g/mol. The van der Waals surface area contributed by atoms with E-state index in [2.05, 4.69) is 10.6 Å². The molecule has 3 amide bonds. The largest absolute Gasteiger partial charge is 0.382 e. The van der Waals surface area contributed by atoms with Gasteiger partial charge >= 0.3 is 0 Å². The summed E-state index contributed by atoms with van der Waals surface area (Å²) in [6.07, 6.45) is -1.47. The molecular formula is C15H29N3O5. The van der Waals surface area contributed by atoms with Gasteiger partial charge in [0.15, 0.2) is 0 Å². The topological polar surface area (TPSA) is 128 Å². The zero-order valence-electron chi connectivity index (χ0n) is 14.6. The maximum absolute atomic E-state index is 12.5. The van der Waals surface area contributed by atoms with E-state index in [4.69, 9.17) is 5.21 Å². The van der Waals surface area contributed by atoms with Crippen molar-refractivity contribution in [1.29, 1.82) is 0 Å². The molecule has 0 aliphatic carbocycles. The quantitative estimate of drug-likeness (QED) is 0.326. The molecule has 0 radical (unpaired) electrons. The average Bonchev–Trinajstić information content (AvgIpc) is 2.46. The highest BCUT2D eigenvalue weighted by Crippen LogP contribution is 2.22. The Balaban J connectivity index is 5.35. The van der Waals surface area contributed by atoms with Crippen LogP contribution in [0.3, 0.4) is 0 Å². The molecule has 5 N–H and O–H groups in total. The fourth-order valence-electron chi connectivity index (χ4n) is 2.21. The lowest BCUT2D eigenvalue weighted by molar-refractivity contribution is -0.147. The van der Waals surface area contributed by atoms with E-state index < -0.39 is 35.3 Å². The molecule has 134 valence electrons. The first-order chi connectivity index (χ1) is 10.4. The molecule has 0 aromatic heterocycles. The number of aliphatic hydroxyl groups excluding tert-OH is 1. The third-order valence-electron chi connectivity index (χ3n) is 3.48. The Kier molecular flexibility index (Phi) is 8.19. The van der Waals surface area contributed by atoms with Crippen LogP contribution in [0.1, 0.15) is 41.0 Å². The van der Waals surface area contributed by atoms with Gasteiger partial charge in [-0.3, -0.25) is 19.6 Å². The average molecular weight is 331 g/mol. The van der Waals surface area contributed by atoms with E-state index >= 15 is 0 Å². The Morgan fingerprint density at radius 3 is 1.91 bits per heavy atom. The maximum atomic E-state index is 12.5. The van der Waals surface area contributed by atoms with Crippen LogP contribution >= 0.6 is 0 Å². The molecule has 0 aliphatic heterocycles. The van der Waals surface area contributed by atoms with Gasteiger partial charge in [0.05, 0.1) is 5.92 Å². The number of carbonyl (C=O) groups is 3. The Bertz CT molecular complexity index is 431. The van der Waals surface area contributed by atoms with Gasteiger partial charge in [-0.2, -0.15) is 0 Å². The molecule has 0 aromatic carbocycles. The number of nitrogens with one attached hydrogen (secondary N) is 3. The number of aliphatic hydroxyl groups is 1. The van der Waals surface area contributed by atoms with Crippen LogP contribution in [0.25, 0.3) is 0 Å². The first-order valence-corrected chi connectivity index (χ1v) is 7.59. The van der Waals surface area contributed by atoms with Crippen molar-refractivity contribution in [3.05, 3.63) is 0 Å². The van der Waals surface area contributed by atoms with Crippen LogP contribution in [0, 0.1) is 17.3 Å². The van der Waals surface area contributed by atoms with Gasteiger partial charge in [0.1, 0.15) is 12.1 Å². The second-order valence-electron chi connectivity index (χ2n) is 7.08. The highest BCUT2D eigenvalue weighted by Gasteiger charge is 2.38. The molecule has 0 aliphatic rings. The normalized spacial score (nSPS) is 15.5. The van der Waals surface area contributed by atoms with E-state index in [-0.39, 0.29) is 18.2 Å². The smallest absolute Gasteiger partial charge is 0.272 e. The van der Waals surface area contributed by atoms with Crippen LogP contribution in [0.15, 0.2) is 0 Å². The third kappa shape index (κ3) is 6.54. The lowest BCUT2D eigenvalue weighted by Crippen LogP contribution is -2.56. The van der Waals surface area contributed by atoms with E-state index in [1.165, 1.54) is 12.5 Å². The number of rotatable bonds is 7. The van der Waals surface area contributed by atoms with E-state index in [0.717, 1.165) is 0 Å². The molecule has 0 aromatic rings. The van der Waals surface area contributed by atoms with E-state index in [1.54, 1.807) is 20.8 Å². The predicted molar refractivity (Wildman–Crippen MR) is 84.3 cm³/mol. The predicted octanol–water partition coefficient (Wildman–Crippen LogP) is -0.208. The Hall–Kier alpha value is -1.67. The fraction of sp³-hybridized carbons (Fsp3) is 0.800. The highest BCUT2D eigenvalue weighted by molar-refractivity contribution is 5.92. The number of hydroxylamine groups is 1. The summed E-state index contributed by atoms with van der Waals surface area (Å²) in [6.45, 7) is 9.05. The molecule has 0 saturated heterocycles. The van der Waals surface area contributed by atoms with Gasteiger partial charge in [-0.1, -0.05) is 34.6 Å². The third-order valence-corrected chi connectivity index (χ3v) is 3.48. The van der Waals surface area contributed by atoms with Crippen LogP contribution in [-0.4, -0.2) is 47.2 Å². The Morgan fingerprint density at radius 2 is 1.57 bits per heavy atom. The fourth-order valence-corrected chi connectivity index (χ4v) is 2.21. The summed E-state index contributed by atoms with van der Waals surface area (Å²) < 4.78 is 0. The minimum absolute atomic E-state index is 0.0278. The van der Waals surface area contributed by atoms with Gasteiger partial charge in [0, 0.05) is 7.05 Å². The second-order valence-corrected chi connectivity index (χ2v) is 7.08. The summed E-state index contributed by atoms with van der Waals surface area (Å²) in [5.74, 6) is -3.08. The summed E-state index contributed by atoms with van der Waals surface area (Å²) in [5.41, 5.74) is 0.789. The molecule has 0 bridgehead atoms. The molecule has 8 nitrogen and oxygen atoms in total. The van der Waals surface area contributed by atoms with Gasteiger partial charge < -0.3 is 15.7 Å². The van der Waals surface area contributed by atoms with Gasteiger partial charge in [0.2, 0.25) is 11.8 Å². The Labute approximate surface area is 137 Å². The number of likely N-dealkylation sites (N-methyl/N-ethyl adjacent to an activating group) is 1. The zero-order chi connectivity index (χ0) is 18.4. The molecule has 0 rings (SSSR count). The highest BCUT2D eigenvalue weighted by atomic mass is 16.5. The molecule has 0 heterocycles. The zero-order valence-corrected chi connectivity index (χ0v) is 14.6. The number of carbonyl (C=O) groups excluding carboxylic acids is 3. The van der Waals surface area contributed by atoms with Crippen molar-refractivity contribution in [2.75, 3.05) is 7.05 Å². The molecule has 0 spiro atoms. The number of amides is 3. The summed E-state index contributed by atoms with van der Waals surface area (Å²) >= 11 is 0. The van der Waals surface area contributed by atoms with Crippen LogP contribution < -0.4 is 16.1 Å². The van der Waals surface area contributed by atoms with Crippen LogP contribution in [0.4, 0.5) is 0 Å². The molecule has 0 saturated carbocycles. The first-order valence-electron chi connectivity index (χ1n) is 7.59. The van der Waals surface area contributed by atoms with E-state index in [9.17, 15) is 19.5 Å². The van der Waals surface area contributed by atoms with Crippen molar-refractivity contribution in [3.8, 4) is 0 Å². The molecule has 8 heteroatoms. The van der Waals surface area contributed by atoms with Crippen molar-refractivity contribution >= 4 is 17.7 Å². The van der Waals surface area contributed by atoms with Gasteiger partial charge in [0.25, 0.3) is 5.91 Å². The number of hydrogen-bond acceptors (Lipinski definition) is 5. The van der Waals surface area contributed by atoms with Crippen molar-refractivity contribution < 1.29 is 24.7 Å².